The number of carbonyl (C=O) groups is 1. The number of thiocarbonyl (C=S) groups is 1. The number of hydrazine groups is 1. The van der Waals surface area contributed by atoms with E-state index in [0.29, 0.717) is 11.7 Å². The molecule has 0 bridgehead atoms. The van der Waals surface area contributed by atoms with Gasteiger partial charge in [-0.2, -0.15) is 0 Å². The van der Waals surface area contributed by atoms with Gasteiger partial charge in [0.15, 0.2) is 5.11 Å². The summed E-state index contributed by atoms with van der Waals surface area (Å²) in [5.74, 6) is 0. The summed E-state index contributed by atoms with van der Waals surface area (Å²) < 4.78 is 4.64. The van der Waals surface area contributed by atoms with Gasteiger partial charge < -0.3 is 10.1 Å². The van der Waals surface area contributed by atoms with E-state index in [-0.39, 0.29) is 0 Å². The predicted octanol–water partition coefficient (Wildman–Crippen LogP) is 1.30. The average Bonchev–Trinajstić information content (AvgIpc) is 2.22. The minimum Gasteiger partial charge on any atom is -0.449 e. The smallest absolute Gasteiger partial charge is 0.425 e. The van der Waals surface area contributed by atoms with E-state index in [4.69, 9.17) is 12.2 Å². The summed E-state index contributed by atoms with van der Waals surface area (Å²) in [6.07, 6.45) is 2.87. The zero-order valence-electron chi connectivity index (χ0n) is 9.26. The van der Waals surface area contributed by atoms with Crippen LogP contribution in [0.1, 0.15) is 33.1 Å². The summed E-state index contributed by atoms with van der Waals surface area (Å²) in [5, 5.41) is 3.37. The summed E-state index contributed by atoms with van der Waals surface area (Å²) in [7, 11) is 0. The molecule has 0 aliphatic rings. The van der Waals surface area contributed by atoms with Crippen LogP contribution in [0.3, 0.4) is 0 Å². The van der Waals surface area contributed by atoms with Crippen molar-refractivity contribution >= 4 is 23.4 Å². The molecular weight excluding hydrogens is 214 g/mol. The first-order valence-electron chi connectivity index (χ1n) is 5.17. The van der Waals surface area contributed by atoms with Crippen LogP contribution in [0.15, 0.2) is 0 Å². The van der Waals surface area contributed by atoms with Gasteiger partial charge in [0.05, 0.1) is 6.61 Å². The van der Waals surface area contributed by atoms with Gasteiger partial charge in [0.2, 0.25) is 0 Å². The molecule has 3 N–H and O–H groups in total. The van der Waals surface area contributed by atoms with E-state index in [1.54, 1.807) is 6.92 Å². The van der Waals surface area contributed by atoms with Crippen LogP contribution in [0, 0.1) is 0 Å². The van der Waals surface area contributed by atoms with E-state index in [1.807, 2.05) is 0 Å². The molecule has 0 atom stereocenters. The molecule has 5 nitrogen and oxygen atoms in total. The van der Waals surface area contributed by atoms with Gasteiger partial charge in [-0.3, -0.25) is 5.43 Å². The molecule has 0 aromatic carbocycles. The normalized spacial score (nSPS) is 9.20. The van der Waals surface area contributed by atoms with Crippen molar-refractivity contribution < 1.29 is 9.53 Å². The fourth-order valence-corrected chi connectivity index (χ4v) is 1.05. The van der Waals surface area contributed by atoms with Crippen molar-refractivity contribution in [2.24, 2.45) is 0 Å². The van der Waals surface area contributed by atoms with Crippen LogP contribution in [0.5, 0.6) is 0 Å². The maximum Gasteiger partial charge on any atom is 0.425 e. The molecule has 0 radical (unpaired) electrons. The Morgan fingerprint density at radius 3 is 2.60 bits per heavy atom. The van der Waals surface area contributed by atoms with E-state index in [2.05, 4.69) is 27.8 Å². The van der Waals surface area contributed by atoms with Gasteiger partial charge in [-0.25, -0.2) is 10.2 Å². The lowest BCUT2D eigenvalue weighted by molar-refractivity contribution is 0.150. The number of ether oxygens (including phenoxy) is 1. The Balaban J connectivity index is 3.36. The molecule has 6 heteroatoms. The van der Waals surface area contributed by atoms with Gasteiger partial charge in [-0.15, -0.1) is 0 Å². The Labute approximate surface area is 95.9 Å². The minimum atomic E-state index is -0.532. The quantitative estimate of drug-likeness (QED) is 0.379. The highest BCUT2D eigenvalue weighted by molar-refractivity contribution is 7.80. The lowest BCUT2D eigenvalue weighted by Crippen LogP contribution is -2.47. The second-order valence-corrected chi connectivity index (χ2v) is 3.34. The summed E-state index contributed by atoms with van der Waals surface area (Å²) in [6.45, 7) is 5.02. The van der Waals surface area contributed by atoms with E-state index in [9.17, 15) is 4.79 Å². The van der Waals surface area contributed by atoms with Gasteiger partial charge in [0, 0.05) is 6.54 Å². The molecule has 0 aromatic rings. The average molecular weight is 233 g/mol. The topological polar surface area (TPSA) is 62.4 Å². The lowest BCUT2D eigenvalue weighted by Gasteiger charge is -2.10. The van der Waals surface area contributed by atoms with Gasteiger partial charge in [-0.1, -0.05) is 19.8 Å². The Morgan fingerprint density at radius 1 is 1.27 bits per heavy atom. The molecule has 15 heavy (non-hydrogen) atoms. The molecule has 0 aliphatic carbocycles. The Kier molecular flexibility index (Phi) is 8.85. The van der Waals surface area contributed by atoms with Crippen molar-refractivity contribution in [2.45, 2.75) is 33.1 Å². The molecule has 0 fully saturated rings. The molecule has 88 valence electrons. The van der Waals surface area contributed by atoms with Crippen LogP contribution in [0.4, 0.5) is 4.79 Å². The highest BCUT2D eigenvalue weighted by Crippen LogP contribution is 1.90. The second-order valence-electron chi connectivity index (χ2n) is 2.93. The van der Waals surface area contributed by atoms with Gasteiger partial charge in [0.1, 0.15) is 0 Å². The van der Waals surface area contributed by atoms with Crippen molar-refractivity contribution in [1.82, 2.24) is 16.2 Å². The van der Waals surface area contributed by atoms with Crippen molar-refractivity contribution in [3.63, 3.8) is 0 Å². The van der Waals surface area contributed by atoms with Crippen molar-refractivity contribution in [2.75, 3.05) is 13.2 Å². The first-order valence-corrected chi connectivity index (χ1v) is 5.58. The number of amides is 1. The zero-order chi connectivity index (χ0) is 11.5. The van der Waals surface area contributed by atoms with Gasteiger partial charge in [0.25, 0.3) is 0 Å². The largest absolute Gasteiger partial charge is 0.449 e. The lowest BCUT2D eigenvalue weighted by atomic mass is 10.2. The zero-order valence-corrected chi connectivity index (χ0v) is 10.1. The standard InChI is InChI=1S/C9H19N3O2S/c1-3-5-6-7-10-8(15)11-12-9(13)14-4-2/h3-7H2,1-2H3,(H,12,13)(H2,10,11,15). The van der Waals surface area contributed by atoms with Gasteiger partial charge in [-0.05, 0) is 25.6 Å². The summed E-state index contributed by atoms with van der Waals surface area (Å²) >= 11 is 4.91. The van der Waals surface area contributed by atoms with Crippen LogP contribution in [0.2, 0.25) is 0 Å². The molecule has 1 amide bonds. The predicted molar refractivity (Wildman–Crippen MR) is 63.4 cm³/mol. The highest BCUT2D eigenvalue weighted by atomic mass is 32.1. The summed E-state index contributed by atoms with van der Waals surface area (Å²) in [5.41, 5.74) is 4.85. The van der Waals surface area contributed by atoms with E-state index < -0.39 is 6.09 Å². The molecule has 0 aromatic heterocycles. The fourth-order valence-electron chi connectivity index (χ4n) is 0.896. The number of unbranched alkanes of at least 4 members (excludes halogenated alkanes) is 2. The number of nitrogens with one attached hydrogen (secondary N) is 3. The summed E-state index contributed by atoms with van der Waals surface area (Å²) in [4.78, 5) is 10.8. The van der Waals surface area contributed by atoms with Crippen LogP contribution in [0.25, 0.3) is 0 Å². The van der Waals surface area contributed by atoms with Crippen molar-refractivity contribution in [3.05, 3.63) is 0 Å². The third-order valence-electron chi connectivity index (χ3n) is 1.62. The van der Waals surface area contributed by atoms with Crippen LogP contribution < -0.4 is 16.2 Å². The number of rotatable bonds is 5. The Bertz CT molecular complexity index is 200. The van der Waals surface area contributed by atoms with Crippen molar-refractivity contribution in [3.8, 4) is 0 Å². The Hall–Kier alpha value is -1.04. The molecule has 0 rings (SSSR count). The number of carbonyl (C=O) groups excluding carboxylic acids is 1. The van der Waals surface area contributed by atoms with E-state index >= 15 is 0 Å². The maximum absolute atomic E-state index is 10.8. The highest BCUT2D eigenvalue weighted by Gasteiger charge is 1.99. The van der Waals surface area contributed by atoms with E-state index in [1.165, 1.54) is 12.8 Å². The molecule has 0 saturated heterocycles. The molecule has 0 heterocycles. The van der Waals surface area contributed by atoms with Crippen LogP contribution in [-0.2, 0) is 4.74 Å². The first kappa shape index (κ1) is 14.0. The molecule has 0 spiro atoms. The molecule has 0 unspecified atom stereocenters. The van der Waals surface area contributed by atoms with Crippen molar-refractivity contribution in [1.29, 1.82) is 0 Å². The van der Waals surface area contributed by atoms with Crippen LogP contribution >= 0.6 is 12.2 Å². The first-order chi connectivity index (χ1) is 7.20. The molecular formula is C9H19N3O2S. The van der Waals surface area contributed by atoms with E-state index in [0.717, 1.165) is 13.0 Å². The number of hydrogen-bond acceptors (Lipinski definition) is 3. The second kappa shape index (κ2) is 9.51. The Morgan fingerprint density at radius 2 is 2.00 bits per heavy atom. The third kappa shape index (κ3) is 9.27. The monoisotopic (exact) mass is 233 g/mol. The molecule has 0 aliphatic heterocycles. The minimum absolute atomic E-state index is 0.338. The number of hydrogen-bond donors (Lipinski definition) is 3. The third-order valence-corrected chi connectivity index (χ3v) is 1.87. The molecule has 0 saturated carbocycles. The van der Waals surface area contributed by atoms with Crippen LogP contribution in [-0.4, -0.2) is 24.4 Å². The SMILES string of the molecule is CCCCCNC(=S)NNC(=O)OCC. The summed E-state index contributed by atoms with van der Waals surface area (Å²) in [6, 6.07) is 0. The van der Waals surface area contributed by atoms with Gasteiger partial charge >= 0.3 is 6.09 Å². The maximum atomic E-state index is 10.8. The fraction of sp³-hybridized carbons (Fsp3) is 0.778.